The van der Waals surface area contributed by atoms with Crippen molar-refractivity contribution in [3.05, 3.63) is 0 Å². The average Bonchev–Trinajstić information content (AvgIpc) is 1.86. The summed E-state index contributed by atoms with van der Waals surface area (Å²) in [4.78, 5) is 10.9. The smallest absolute Gasteiger partial charge is 0.236 e. The van der Waals surface area contributed by atoms with Gasteiger partial charge in [0.15, 0.2) is 0 Å². The summed E-state index contributed by atoms with van der Waals surface area (Å²) in [5.74, 6) is 0.00231. The van der Waals surface area contributed by atoms with Crippen molar-refractivity contribution < 1.29 is 4.79 Å². The Morgan fingerprint density at radius 1 is 1.67 bits per heavy atom. The average molecular weight is 165 g/mol. The van der Waals surface area contributed by atoms with Gasteiger partial charge in [0.1, 0.15) is 0 Å². The fraction of sp³-hybridized carbons (Fsp3) is 0.800. The molecule has 0 saturated carbocycles. The molecular weight excluding hydrogens is 154 g/mol. The van der Waals surface area contributed by atoms with E-state index < -0.39 is 4.75 Å². The molecule has 0 fully saturated rings. The van der Waals surface area contributed by atoms with E-state index in [1.165, 1.54) is 10.8 Å². The third-order valence-corrected chi connectivity index (χ3v) is 3.01. The summed E-state index contributed by atoms with van der Waals surface area (Å²) in [6, 6.07) is 0. The van der Waals surface area contributed by atoms with E-state index in [9.17, 15) is 4.79 Å². The molecule has 0 aromatic carbocycles. The quantitative estimate of drug-likeness (QED) is 0.474. The first-order valence-corrected chi connectivity index (χ1v) is 4.46. The van der Waals surface area contributed by atoms with Crippen LogP contribution in [0.2, 0.25) is 0 Å². The molecule has 4 heteroatoms. The monoisotopic (exact) mass is 165 g/mol. The Kier molecular flexibility index (Phi) is 3.43. The molecular formula is C5H11NOS2. The maximum Gasteiger partial charge on any atom is 0.236 e. The van der Waals surface area contributed by atoms with Gasteiger partial charge in [-0.25, -0.2) is 0 Å². The zero-order valence-corrected chi connectivity index (χ0v) is 7.47. The molecule has 0 aliphatic heterocycles. The van der Waals surface area contributed by atoms with E-state index in [1.807, 2.05) is 13.8 Å². The molecule has 1 N–H and O–H groups in total. The van der Waals surface area contributed by atoms with Crippen LogP contribution in [-0.4, -0.2) is 17.7 Å². The second-order valence-electron chi connectivity index (χ2n) is 2.18. The van der Waals surface area contributed by atoms with Crippen LogP contribution in [0.1, 0.15) is 13.8 Å². The van der Waals surface area contributed by atoms with Crippen LogP contribution in [0.5, 0.6) is 0 Å². The minimum absolute atomic E-state index is 0.00231. The van der Waals surface area contributed by atoms with Crippen LogP contribution in [0.25, 0.3) is 0 Å². The number of thiol groups is 1. The molecule has 0 radical (unpaired) electrons. The molecule has 54 valence electrons. The predicted molar refractivity (Wildman–Crippen MR) is 44.7 cm³/mol. The number of rotatable bonds is 2. The fourth-order valence-electron chi connectivity index (χ4n) is 0.342. The van der Waals surface area contributed by atoms with Crippen LogP contribution >= 0.6 is 22.5 Å². The summed E-state index contributed by atoms with van der Waals surface area (Å²) in [5.41, 5.74) is 0. The van der Waals surface area contributed by atoms with E-state index in [0.717, 1.165) is 0 Å². The molecule has 1 amide bonds. The highest BCUT2D eigenvalue weighted by Gasteiger charge is 2.25. The minimum atomic E-state index is -0.419. The van der Waals surface area contributed by atoms with Crippen molar-refractivity contribution in [2.24, 2.45) is 0 Å². The summed E-state index contributed by atoms with van der Waals surface area (Å²) < 4.78 is -0.419. The number of hydrogen-bond donors (Lipinski definition) is 2. The van der Waals surface area contributed by atoms with Crippen LogP contribution in [0.4, 0.5) is 0 Å². The van der Waals surface area contributed by atoms with Crippen molar-refractivity contribution in [3.8, 4) is 0 Å². The van der Waals surface area contributed by atoms with Gasteiger partial charge in [-0.05, 0) is 13.8 Å². The van der Waals surface area contributed by atoms with Gasteiger partial charge >= 0.3 is 0 Å². The predicted octanol–water partition coefficient (Wildman–Crippen LogP) is 1.09. The zero-order valence-electron chi connectivity index (χ0n) is 5.76. The van der Waals surface area contributed by atoms with Crippen LogP contribution < -0.4 is 5.32 Å². The maximum atomic E-state index is 10.9. The van der Waals surface area contributed by atoms with Gasteiger partial charge in [0, 0.05) is 7.05 Å². The lowest BCUT2D eigenvalue weighted by atomic mass is 10.2. The first-order chi connectivity index (χ1) is 4.04. The summed E-state index contributed by atoms with van der Waals surface area (Å²) in [7, 11) is 2.86. The first kappa shape index (κ1) is 9.17. The fourth-order valence-corrected chi connectivity index (χ4v) is 0.776. The zero-order chi connectivity index (χ0) is 7.49. The molecule has 0 rings (SSSR count). The van der Waals surface area contributed by atoms with Gasteiger partial charge in [-0.15, -0.1) is 11.7 Å². The minimum Gasteiger partial charge on any atom is -0.358 e. The third-order valence-electron chi connectivity index (χ3n) is 1.00. The van der Waals surface area contributed by atoms with Gasteiger partial charge in [-0.3, -0.25) is 4.79 Å². The maximum absolute atomic E-state index is 10.9. The van der Waals surface area contributed by atoms with Crippen molar-refractivity contribution in [1.29, 1.82) is 0 Å². The van der Waals surface area contributed by atoms with E-state index in [0.29, 0.717) is 0 Å². The summed E-state index contributed by atoms with van der Waals surface area (Å²) >= 11 is 3.95. The summed E-state index contributed by atoms with van der Waals surface area (Å²) in [6.07, 6.45) is 0. The molecule has 0 aromatic rings. The van der Waals surface area contributed by atoms with Crippen molar-refractivity contribution >= 4 is 28.4 Å². The lowest BCUT2D eigenvalue weighted by molar-refractivity contribution is -0.122. The molecule has 0 aliphatic rings. The molecule has 0 aliphatic carbocycles. The Hall–Kier alpha value is 0.170. The summed E-state index contributed by atoms with van der Waals surface area (Å²) in [6.45, 7) is 3.65. The lowest BCUT2D eigenvalue weighted by Gasteiger charge is -2.17. The van der Waals surface area contributed by atoms with E-state index in [2.05, 4.69) is 17.0 Å². The topological polar surface area (TPSA) is 29.1 Å². The largest absolute Gasteiger partial charge is 0.358 e. The molecule has 0 heterocycles. The van der Waals surface area contributed by atoms with Gasteiger partial charge < -0.3 is 5.32 Å². The van der Waals surface area contributed by atoms with E-state index >= 15 is 0 Å². The first-order valence-electron chi connectivity index (χ1n) is 2.59. The van der Waals surface area contributed by atoms with Gasteiger partial charge in [0.2, 0.25) is 5.91 Å². The van der Waals surface area contributed by atoms with Gasteiger partial charge in [-0.1, -0.05) is 10.8 Å². The van der Waals surface area contributed by atoms with E-state index in [-0.39, 0.29) is 5.91 Å². The number of hydrogen-bond acceptors (Lipinski definition) is 3. The SMILES string of the molecule is CNC(=O)C(C)(C)SS. The number of amides is 1. The molecule has 0 bridgehead atoms. The van der Waals surface area contributed by atoms with Crippen molar-refractivity contribution in [2.45, 2.75) is 18.6 Å². The van der Waals surface area contributed by atoms with Crippen molar-refractivity contribution in [2.75, 3.05) is 7.05 Å². The van der Waals surface area contributed by atoms with Crippen molar-refractivity contribution in [1.82, 2.24) is 5.32 Å². The van der Waals surface area contributed by atoms with Crippen molar-refractivity contribution in [3.63, 3.8) is 0 Å². The van der Waals surface area contributed by atoms with E-state index in [1.54, 1.807) is 7.05 Å². The molecule has 0 atom stereocenters. The second kappa shape index (κ2) is 3.37. The normalized spacial score (nSPS) is 11.1. The Bertz CT molecular complexity index is 114. The highest BCUT2D eigenvalue weighted by atomic mass is 33.1. The second-order valence-corrected chi connectivity index (χ2v) is 3.93. The summed E-state index contributed by atoms with van der Waals surface area (Å²) in [5, 5.41) is 2.55. The van der Waals surface area contributed by atoms with Gasteiger partial charge in [0.25, 0.3) is 0 Å². The highest BCUT2D eigenvalue weighted by molar-refractivity contribution is 8.69. The van der Waals surface area contributed by atoms with Gasteiger partial charge in [0.05, 0.1) is 4.75 Å². The highest BCUT2D eigenvalue weighted by Crippen LogP contribution is 2.26. The van der Waals surface area contributed by atoms with Crippen LogP contribution in [-0.2, 0) is 4.79 Å². The number of carbonyl (C=O) groups excluding carboxylic acids is 1. The third kappa shape index (κ3) is 2.49. The molecule has 0 saturated heterocycles. The Balaban J connectivity index is 3.97. The van der Waals surface area contributed by atoms with Gasteiger partial charge in [-0.2, -0.15) is 0 Å². The van der Waals surface area contributed by atoms with Crippen LogP contribution in [0, 0.1) is 0 Å². The molecule has 0 spiro atoms. The Morgan fingerprint density at radius 2 is 2.11 bits per heavy atom. The molecule has 2 nitrogen and oxygen atoms in total. The standard InChI is InChI=1S/C5H11NOS2/c1-5(2,9-8)4(7)6-3/h8H,1-3H3,(H,6,7). The van der Waals surface area contributed by atoms with E-state index in [4.69, 9.17) is 0 Å². The number of nitrogens with one attached hydrogen (secondary N) is 1. The molecule has 0 unspecified atom stereocenters. The molecule has 9 heavy (non-hydrogen) atoms. The van der Waals surface area contributed by atoms with Crippen LogP contribution in [0.15, 0.2) is 0 Å². The van der Waals surface area contributed by atoms with Crippen LogP contribution in [0.3, 0.4) is 0 Å². The Morgan fingerprint density at radius 3 is 2.22 bits per heavy atom. The number of carbonyl (C=O) groups is 1. The Labute approximate surface area is 64.6 Å². The lowest BCUT2D eigenvalue weighted by Crippen LogP contribution is -2.36. The molecule has 0 aromatic heterocycles.